The molecule has 0 aliphatic rings. The number of ether oxygens (including phenoxy) is 2. The average molecular weight is 620 g/mol. The summed E-state index contributed by atoms with van der Waals surface area (Å²) in [6.07, 6.45) is 46.9. The van der Waals surface area contributed by atoms with E-state index in [1.165, 1.54) is 167 Å². The number of unbranched alkanes of at least 4 members (excludes halogenated alkanes) is 24. The number of hydrogen-bond donors (Lipinski definition) is 1. The summed E-state index contributed by atoms with van der Waals surface area (Å²) < 4.78 is 12.2. The van der Waals surface area contributed by atoms with E-state index in [-0.39, 0.29) is 11.6 Å². The second-order valence-electron chi connectivity index (χ2n) is 14.1. The Balaban J connectivity index is 3.55. The van der Waals surface area contributed by atoms with Gasteiger partial charge >= 0.3 is 0 Å². The predicted octanol–water partition coefficient (Wildman–Crippen LogP) is 13.2. The molecule has 0 spiro atoms. The fourth-order valence-corrected chi connectivity index (χ4v) is 5.69. The van der Waals surface area contributed by atoms with Gasteiger partial charge in [0.2, 0.25) is 0 Å². The first kappa shape index (κ1) is 43.4. The minimum atomic E-state index is -0.369. The van der Waals surface area contributed by atoms with Crippen LogP contribution in [0.1, 0.15) is 207 Å². The van der Waals surface area contributed by atoms with Gasteiger partial charge in [-0.1, -0.05) is 154 Å². The summed E-state index contributed by atoms with van der Waals surface area (Å²) in [5.74, 6) is 0. The van der Waals surface area contributed by atoms with Crippen LogP contribution < -0.4 is 5.73 Å². The van der Waals surface area contributed by atoms with Crippen LogP contribution in [0.15, 0.2) is 24.3 Å². The summed E-state index contributed by atoms with van der Waals surface area (Å²) in [4.78, 5) is 0. The summed E-state index contributed by atoms with van der Waals surface area (Å²) in [6, 6.07) is 0. The molecule has 0 amide bonds. The average Bonchev–Trinajstić information content (AvgIpc) is 3.00. The van der Waals surface area contributed by atoms with Gasteiger partial charge in [0.15, 0.2) is 0 Å². The van der Waals surface area contributed by atoms with Crippen molar-refractivity contribution in [1.29, 1.82) is 0 Å². The Labute approximate surface area is 278 Å². The van der Waals surface area contributed by atoms with Gasteiger partial charge in [0.05, 0.1) is 12.7 Å². The Morgan fingerprint density at radius 3 is 1.14 bits per heavy atom. The first-order valence-electron chi connectivity index (χ1n) is 19.8. The molecule has 0 rings (SSSR count). The summed E-state index contributed by atoms with van der Waals surface area (Å²) in [5.41, 5.74) is 6.04. The second kappa shape index (κ2) is 35.2. The van der Waals surface area contributed by atoms with Gasteiger partial charge in [-0.25, -0.2) is 0 Å². The Hall–Kier alpha value is -0.640. The first-order valence-corrected chi connectivity index (χ1v) is 19.8. The van der Waals surface area contributed by atoms with Gasteiger partial charge in [0, 0.05) is 18.8 Å². The minimum absolute atomic E-state index is 0.0280. The fourth-order valence-electron chi connectivity index (χ4n) is 5.69. The van der Waals surface area contributed by atoms with E-state index in [1.54, 1.807) is 0 Å². The van der Waals surface area contributed by atoms with Crippen LogP contribution in [0.3, 0.4) is 0 Å². The van der Waals surface area contributed by atoms with Crippen LogP contribution in [0.2, 0.25) is 0 Å². The molecule has 1 atom stereocenters. The highest BCUT2D eigenvalue weighted by molar-refractivity contribution is 4.84. The SMILES string of the molecule is CCCCCCCC/C=C\CCCCCCCCOCC(OCCCCCCCC/C=C\CCCCCCCC)C(C)(C)N. The molecule has 0 saturated heterocycles. The van der Waals surface area contributed by atoms with E-state index in [4.69, 9.17) is 15.2 Å². The Bertz CT molecular complexity index is 594. The molecule has 0 bridgehead atoms. The molecular weight excluding hydrogens is 538 g/mol. The van der Waals surface area contributed by atoms with E-state index in [1.807, 2.05) is 0 Å². The van der Waals surface area contributed by atoms with E-state index in [9.17, 15) is 0 Å². The standard InChI is InChI=1S/C41H81NO2/c1-5-7-9-11-13-15-17-19-21-23-25-27-29-31-33-35-37-43-39-40(41(3,4)42)44-38-36-34-32-30-28-26-24-22-20-18-16-14-12-10-8-6-2/h19-22,40H,5-18,23-39,42H2,1-4H3/b21-19-,22-20-. The zero-order valence-electron chi connectivity index (χ0n) is 30.7. The van der Waals surface area contributed by atoms with Crippen molar-refractivity contribution in [3.05, 3.63) is 24.3 Å². The molecule has 262 valence electrons. The maximum atomic E-state index is 6.41. The predicted molar refractivity (Wildman–Crippen MR) is 198 cm³/mol. The molecule has 3 nitrogen and oxygen atoms in total. The van der Waals surface area contributed by atoms with Crippen molar-refractivity contribution in [2.75, 3.05) is 19.8 Å². The molecule has 0 aromatic heterocycles. The van der Waals surface area contributed by atoms with Crippen molar-refractivity contribution < 1.29 is 9.47 Å². The summed E-state index contributed by atoms with van der Waals surface area (Å²) in [5, 5.41) is 0. The number of hydrogen-bond acceptors (Lipinski definition) is 3. The van der Waals surface area contributed by atoms with Gasteiger partial charge in [-0.15, -0.1) is 0 Å². The molecular formula is C41H81NO2. The molecule has 3 heteroatoms. The lowest BCUT2D eigenvalue weighted by Crippen LogP contribution is -2.49. The fraction of sp³-hybridized carbons (Fsp3) is 0.902. The Kier molecular flexibility index (Phi) is 34.7. The second-order valence-corrected chi connectivity index (χ2v) is 14.1. The van der Waals surface area contributed by atoms with Crippen LogP contribution in [0.4, 0.5) is 0 Å². The van der Waals surface area contributed by atoms with E-state index in [0.29, 0.717) is 6.61 Å². The molecule has 0 aliphatic heterocycles. The molecule has 0 saturated carbocycles. The lowest BCUT2D eigenvalue weighted by Gasteiger charge is -2.30. The van der Waals surface area contributed by atoms with E-state index >= 15 is 0 Å². The van der Waals surface area contributed by atoms with Crippen molar-refractivity contribution in [3.8, 4) is 0 Å². The van der Waals surface area contributed by atoms with Crippen LogP contribution in [-0.2, 0) is 9.47 Å². The normalized spacial score (nSPS) is 13.1. The van der Waals surface area contributed by atoms with Crippen LogP contribution in [0.5, 0.6) is 0 Å². The van der Waals surface area contributed by atoms with Crippen molar-refractivity contribution in [2.45, 2.75) is 219 Å². The van der Waals surface area contributed by atoms with Gasteiger partial charge in [0.25, 0.3) is 0 Å². The van der Waals surface area contributed by atoms with Crippen molar-refractivity contribution in [2.24, 2.45) is 5.73 Å². The molecule has 44 heavy (non-hydrogen) atoms. The molecule has 0 radical (unpaired) electrons. The maximum Gasteiger partial charge on any atom is 0.0981 e. The van der Waals surface area contributed by atoms with Crippen LogP contribution in [0.25, 0.3) is 0 Å². The third kappa shape index (κ3) is 34.2. The smallest absolute Gasteiger partial charge is 0.0981 e. The molecule has 1 unspecified atom stereocenters. The molecule has 0 fully saturated rings. The van der Waals surface area contributed by atoms with Gasteiger partial charge in [-0.05, 0) is 78.1 Å². The van der Waals surface area contributed by atoms with Gasteiger partial charge < -0.3 is 15.2 Å². The Morgan fingerprint density at radius 2 is 0.773 bits per heavy atom. The third-order valence-corrected chi connectivity index (χ3v) is 8.87. The number of allylic oxidation sites excluding steroid dienone is 4. The zero-order valence-corrected chi connectivity index (χ0v) is 30.7. The topological polar surface area (TPSA) is 44.5 Å². The van der Waals surface area contributed by atoms with Crippen LogP contribution >= 0.6 is 0 Å². The molecule has 0 aromatic carbocycles. The first-order chi connectivity index (χ1) is 21.5. The monoisotopic (exact) mass is 620 g/mol. The largest absolute Gasteiger partial charge is 0.379 e. The molecule has 0 aromatic rings. The maximum absolute atomic E-state index is 6.41. The highest BCUT2D eigenvalue weighted by Crippen LogP contribution is 2.15. The van der Waals surface area contributed by atoms with Crippen LogP contribution in [-0.4, -0.2) is 31.5 Å². The summed E-state index contributed by atoms with van der Waals surface area (Å²) in [6.45, 7) is 10.9. The number of rotatable bonds is 36. The summed E-state index contributed by atoms with van der Waals surface area (Å²) in [7, 11) is 0. The number of nitrogens with two attached hydrogens (primary N) is 1. The Morgan fingerprint density at radius 1 is 0.455 bits per heavy atom. The highest BCUT2D eigenvalue weighted by atomic mass is 16.5. The van der Waals surface area contributed by atoms with E-state index < -0.39 is 0 Å². The molecule has 2 N–H and O–H groups in total. The third-order valence-electron chi connectivity index (χ3n) is 8.87. The quantitative estimate of drug-likeness (QED) is 0.0560. The lowest BCUT2D eigenvalue weighted by molar-refractivity contribution is -0.0494. The zero-order chi connectivity index (χ0) is 32.2. The molecule has 0 heterocycles. The van der Waals surface area contributed by atoms with E-state index in [2.05, 4.69) is 52.0 Å². The van der Waals surface area contributed by atoms with E-state index in [0.717, 1.165) is 26.1 Å². The molecule has 0 aliphatic carbocycles. The highest BCUT2D eigenvalue weighted by Gasteiger charge is 2.26. The van der Waals surface area contributed by atoms with Gasteiger partial charge in [-0.2, -0.15) is 0 Å². The van der Waals surface area contributed by atoms with Crippen LogP contribution in [0, 0.1) is 0 Å². The van der Waals surface area contributed by atoms with Gasteiger partial charge in [0.1, 0.15) is 0 Å². The minimum Gasteiger partial charge on any atom is -0.379 e. The summed E-state index contributed by atoms with van der Waals surface area (Å²) >= 11 is 0. The van der Waals surface area contributed by atoms with Crippen molar-refractivity contribution >= 4 is 0 Å². The van der Waals surface area contributed by atoms with Crippen molar-refractivity contribution in [3.63, 3.8) is 0 Å². The van der Waals surface area contributed by atoms with Crippen molar-refractivity contribution in [1.82, 2.24) is 0 Å². The van der Waals surface area contributed by atoms with Gasteiger partial charge in [-0.3, -0.25) is 0 Å². The lowest BCUT2D eigenvalue weighted by atomic mass is 9.99.